The summed E-state index contributed by atoms with van der Waals surface area (Å²) < 4.78 is 10.9. The Balaban J connectivity index is 1.56. The van der Waals surface area contributed by atoms with Crippen LogP contribution in [0, 0.1) is 0 Å². The number of ketones is 1. The molecule has 1 N–H and O–H groups in total. The van der Waals surface area contributed by atoms with E-state index in [2.05, 4.69) is 10.3 Å². The third kappa shape index (κ3) is 3.85. The molecule has 0 atom stereocenters. The zero-order valence-corrected chi connectivity index (χ0v) is 12.5. The number of amides is 1. The molecule has 118 valence electrons. The van der Waals surface area contributed by atoms with E-state index < -0.39 is 0 Å². The normalized spacial score (nSPS) is 12.5. The molecule has 6 nitrogen and oxygen atoms in total. The number of hydrogen-bond donors (Lipinski definition) is 1. The summed E-state index contributed by atoms with van der Waals surface area (Å²) in [5, 5.41) is 2.72. The van der Waals surface area contributed by atoms with Crippen molar-refractivity contribution in [3.05, 3.63) is 48.3 Å². The molecular formula is C17H16N2O4. The first-order valence-electron chi connectivity index (χ1n) is 7.35. The van der Waals surface area contributed by atoms with Gasteiger partial charge in [0.05, 0.1) is 0 Å². The lowest BCUT2D eigenvalue weighted by Gasteiger charge is -2.18. The Hall–Kier alpha value is -2.89. The number of nitrogens with zero attached hydrogens (tertiary/aromatic N) is 1. The maximum absolute atomic E-state index is 12.2. The smallest absolute Gasteiger partial charge is 0.224 e. The summed E-state index contributed by atoms with van der Waals surface area (Å²) in [4.78, 5) is 27.9. The number of nitrogens with one attached hydrogen (secondary N) is 1. The van der Waals surface area contributed by atoms with Gasteiger partial charge in [0.25, 0.3) is 0 Å². The Morgan fingerprint density at radius 2 is 1.74 bits per heavy atom. The van der Waals surface area contributed by atoms with Crippen LogP contribution >= 0.6 is 0 Å². The van der Waals surface area contributed by atoms with Crippen LogP contribution in [0.1, 0.15) is 23.2 Å². The molecule has 2 aromatic rings. The zero-order valence-electron chi connectivity index (χ0n) is 12.5. The summed E-state index contributed by atoms with van der Waals surface area (Å²) in [5.41, 5.74) is 1.18. The van der Waals surface area contributed by atoms with E-state index in [4.69, 9.17) is 9.47 Å². The van der Waals surface area contributed by atoms with Crippen LogP contribution in [0.15, 0.2) is 42.7 Å². The van der Waals surface area contributed by atoms with Crippen molar-refractivity contribution in [2.24, 2.45) is 0 Å². The molecule has 23 heavy (non-hydrogen) atoms. The molecule has 1 aliphatic rings. The average molecular weight is 312 g/mol. The predicted molar refractivity (Wildman–Crippen MR) is 83.9 cm³/mol. The van der Waals surface area contributed by atoms with Crippen molar-refractivity contribution in [1.29, 1.82) is 0 Å². The van der Waals surface area contributed by atoms with Crippen molar-refractivity contribution in [1.82, 2.24) is 4.98 Å². The maximum Gasteiger partial charge on any atom is 0.224 e. The standard InChI is InChI=1S/C17H16N2O4/c20-14(2-4-17(21)19-13-5-7-18-8-6-13)12-1-3-15-16(11-12)23-10-9-22-15/h1,3,5-8,11H,2,4,9-10H2,(H,18,19,21). The van der Waals surface area contributed by atoms with Gasteiger partial charge in [-0.3, -0.25) is 14.6 Å². The second-order valence-corrected chi connectivity index (χ2v) is 5.07. The van der Waals surface area contributed by atoms with Crippen molar-refractivity contribution in [3.63, 3.8) is 0 Å². The van der Waals surface area contributed by atoms with E-state index >= 15 is 0 Å². The van der Waals surface area contributed by atoms with Gasteiger partial charge in [0.1, 0.15) is 13.2 Å². The molecule has 0 aliphatic carbocycles. The summed E-state index contributed by atoms with van der Waals surface area (Å²) in [6.45, 7) is 0.981. The largest absolute Gasteiger partial charge is 0.486 e. The van der Waals surface area contributed by atoms with Gasteiger partial charge >= 0.3 is 0 Å². The van der Waals surface area contributed by atoms with Gasteiger partial charge in [-0.1, -0.05) is 0 Å². The van der Waals surface area contributed by atoms with E-state index in [0.717, 1.165) is 0 Å². The number of benzene rings is 1. The van der Waals surface area contributed by atoms with Crippen LogP contribution < -0.4 is 14.8 Å². The van der Waals surface area contributed by atoms with Crippen LogP contribution in [-0.4, -0.2) is 29.9 Å². The minimum Gasteiger partial charge on any atom is -0.486 e. The number of carbonyl (C=O) groups excluding carboxylic acids is 2. The Morgan fingerprint density at radius 3 is 2.52 bits per heavy atom. The van der Waals surface area contributed by atoms with E-state index in [9.17, 15) is 9.59 Å². The second-order valence-electron chi connectivity index (χ2n) is 5.07. The molecule has 1 aliphatic heterocycles. The molecule has 2 heterocycles. The lowest BCUT2D eigenvalue weighted by Crippen LogP contribution is -2.16. The van der Waals surface area contributed by atoms with Gasteiger partial charge < -0.3 is 14.8 Å². The Morgan fingerprint density at radius 1 is 1.00 bits per heavy atom. The highest BCUT2D eigenvalue weighted by Crippen LogP contribution is 2.31. The number of fused-ring (bicyclic) bond motifs is 1. The van der Waals surface area contributed by atoms with Crippen LogP contribution in [0.4, 0.5) is 5.69 Å². The molecule has 1 aromatic carbocycles. The summed E-state index contributed by atoms with van der Waals surface area (Å²) in [6, 6.07) is 8.47. The fourth-order valence-electron chi connectivity index (χ4n) is 2.25. The van der Waals surface area contributed by atoms with Gasteiger partial charge in [-0.25, -0.2) is 0 Å². The minimum absolute atomic E-state index is 0.105. The van der Waals surface area contributed by atoms with Crippen molar-refractivity contribution in [3.8, 4) is 11.5 Å². The van der Waals surface area contributed by atoms with Crippen molar-refractivity contribution >= 4 is 17.4 Å². The number of rotatable bonds is 5. The highest BCUT2D eigenvalue weighted by Gasteiger charge is 2.15. The third-order valence-electron chi connectivity index (χ3n) is 3.41. The quantitative estimate of drug-likeness (QED) is 0.858. The van der Waals surface area contributed by atoms with Gasteiger partial charge in [0.2, 0.25) is 5.91 Å². The summed E-state index contributed by atoms with van der Waals surface area (Å²) in [6.07, 6.45) is 3.44. The molecule has 1 aromatic heterocycles. The topological polar surface area (TPSA) is 77.5 Å². The highest BCUT2D eigenvalue weighted by molar-refractivity contribution is 6.00. The fourth-order valence-corrected chi connectivity index (χ4v) is 2.25. The number of Topliss-reactive ketones (excluding diaryl/α,β-unsaturated/α-hetero) is 1. The summed E-state index contributed by atoms with van der Waals surface area (Å²) in [5.74, 6) is 0.903. The first-order chi connectivity index (χ1) is 11.2. The molecule has 0 saturated carbocycles. The SMILES string of the molecule is O=C(CCC(=O)c1ccc2c(c1)OCCO2)Nc1ccncc1. The van der Waals surface area contributed by atoms with Crippen LogP contribution in [0.3, 0.4) is 0 Å². The van der Waals surface area contributed by atoms with E-state index in [-0.39, 0.29) is 24.5 Å². The second kappa shape index (κ2) is 6.91. The van der Waals surface area contributed by atoms with Gasteiger partial charge in [-0.05, 0) is 30.3 Å². The number of carbonyl (C=O) groups is 2. The van der Waals surface area contributed by atoms with E-state index in [0.29, 0.717) is 36.0 Å². The number of ether oxygens (including phenoxy) is 2. The van der Waals surface area contributed by atoms with Crippen molar-refractivity contribution in [2.75, 3.05) is 18.5 Å². The van der Waals surface area contributed by atoms with E-state index in [1.807, 2.05) is 0 Å². The molecular weight excluding hydrogens is 296 g/mol. The molecule has 0 radical (unpaired) electrons. The fraction of sp³-hybridized carbons (Fsp3) is 0.235. The Kier molecular flexibility index (Phi) is 4.52. The summed E-state index contributed by atoms with van der Waals surface area (Å²) in [7, 11) is 0. The molecule has 1 amide bonds. The highest BCUT2D eigenvalue weighted by atomic mass is 16.6. The van der Waals surface area contributed by atoms with Crippen LogP contribution in [0.25, 0.3) is 0 Å². The van der Waals surface area contributed by atoms with Crippen molar-refractivity contribution in [2.45, 2.75) is 12.8 Å². The molecule has 6 heteroatoms. The van der Waals surface area contributed by atoms with Crippen LogP contribution in [0.5, 0.6) is 11.5 Å². The molecule has 3 rings (SSSR count). The molecule has 0 unspecified atom stereocenters. The molecule has 0 fully saturated rings. The van der Waals surface area contributed by atoms with Gasteiger partial charge in [-0.15, -0.1) is 0 Å². The summed E-state index contributed by atoms with van der Waals surface area (Å²) >= 11 is 0. The van der Waals surface area contributed by atoms with Crippen LogP contribution in [-0.2, 0) is 4.79 Å². The number of aromatic nitrogens is 1. The number of pyridine rings is 1. The zero-order chi connectivity index (χ0) is 16.1. The molecule has 0 saturated heterocycles. The van der Waals surface area contributed by atoms with Gasteiger partial charge in [-0.2, -0.15) is 0 Å². The average Bonchev–Trinajstić information content (AvgIpc) is 2.60. The third-order valence-corrected chi connectivity index (χ3v) is 3.41. The first kappa shape index (κ1) is 15.0. The molecule has 0 spiro atoms. The molecule has 0 bridgehead atoms. The predicted octanol–water partition coefficient (Wildman–Crippen LogP) is 2.45. The monoisotopic (exact) mass is 312 g/mol. The van der Waals surface area contributed by atoms with E-state index in [1.54, 1.807) is 42.7 Å². The number of hydrogen-bond acceptors (Lipinski definition) is 5. The van der Waals surface area contributed by atoms with Crippen LogP contribution in [0.2, 0.25) is 0 Å². The van der Waals surface area contributed by atoms with Crippen molar-refractivity contribution < 1.29 is 19.1 Å². The lowest BCUT2D eigenvalue weighted by molar-refractivity contribution is -0.116. The lowest BCUT2D eigenvalue weighted by atomic mass is 10.1. The maximum atomic E-state index is 12.2. The number of anilines is 1. The van der Waals surface area contributed by atoms with E-state index in [1.165, 1.54) is 0 Å². The van der Waals surface area contributed by atoms with Gasteiger partial charge in [0, 0.05) is 36.5 Å². The Labute approximate surface area is 133 Å². The van der Waals surface area contributed by atoms with Gasteiger partial charge in [0.15, 0.2) is 17.3 Å². The minimum atomic E-state index is -0.206. The first-order valence-corrected chi connectivity index (χ1v) is 7.35. The Bertz CT molecular complexity index is 716.